The highest BCUT2D eigenvalue weighted by atomic mass is 15.1. The van der Waals surface area contributed by atoms with E-state index in [0.717, 1.165) is 31.7 Å². The number of anilines is 2. The van der Waals surface area contributed by atoms with Crippen molar-refractivity contribution >= 4 is 11.8 Å². The minimum absolute atomic E-state index is 0.685. The van der Waals surface area contributed by atoms with Gasteiger partial charge in [0, 0.05) is 19.3 Å². The molecule has 4 nitrogen and oxygen atoms in total. The van der Waals surface area contributed by atoms with Crippen LogP contribution in [0.4, 0.5) is 11.8 Å². The summed E-state index contributed by atoms with van der Waals surface area (Å²) in [5.74, 6) is 2.25. The van der Waals surface area contributed by atoms with Crippen LogP contribution in [0, 0.1) is 5.92 Å². The Kier molecular flexibility index (Phi) is 6.00. The van der Waals surface area contributed by atoms with Crippen LogP contribution in [0.5, 0.6) is 0 Å². The van der Waals surface area contributed by atoms with E-state index in [2.05, 4.69) is 58.7 Å². The molecule has 0 aliphatic heterocycles. The molecule has 2 aromatic rings. The molecule has 112 valence electrons. The molecule has 0 amide bonds. The fourth-order valence-corrected chi connectivity index (χ4v) is 1.99. The molecule has 0 fully saturated rings. The summed E-state index contributed by atoms with van der Waals surface area (Å²) >= 11 is 0. The molecule has 0 aliphatic rings. The van der Waals surface area contributed by atoms with E-state index in [1.165, 1.54) is 5.56 Å². The molecule has 0 aliphatic carbocycles. The minimum Gasteiger partial charge on any atom is -0.370 e. The summed E-state index contributed by atoms with van der Waals surface area (Å²) in [5.41, 5.74) is 1.33. The van der Waals surface area contributed by atoms with Crippen molar-refractivity contribution in [3.63, 3.8) is 0 Å². The number of nitrogens with one attached hydrogen (secondary N) is 2. The maximum atomic E-state index is 4.47. The van der Waals surface area contributed by atoms with Crippen molar-refractivity contribution in [3.8, 4) is 0 Å². The number of rotatable bonds is 8. The van der Waals surface area contributed by atoms with Crippen molar-refractivity contribution in [2.45, 2.75) is 26.7 Å². The number of benzene rings is 1. The molecule has 21 heavy (non-hydrogen) atoms. The first kappa shape index (κ1) is 15.3. The molecular weight excluding hydrogens is 260 g/mol. The average molecular weight is 284 g/mol. The molecule has 2 rings (SSSR count). The number of hydrogen-bond acceptors (Lipinski definition) is 4. The molecule has 0 bridgehead atoms. The summed E-state index contributed by atoms with van der Waals surface area (Å²) in [4.78, 5) is 8.71. The topological polar surface area (TPSA) is 49.8 Å². The quantitative estimate of drug-likeness (QED) is 0.778. The molecule has 1 heterocycles. The lowest BCUT2D eigenvalue weighted by molar-refractivity contribution is 0.606. The third kappa shape index (κ3) is 5.81. The molecule has 4 heteroatoms. The molecule has 0 saturated carbocycles. The number of nitrogens with zero attached hydrogens (tertiary/aromatic N) is 2. The van der Waals surface area contributed by atoms with Crippen LogP contribution in [-0.2, 0) is 6.42 Å². The Morgan fingerprint density at radius 2 is 1.81 bits per heavy atom. The summed E-state index contributed by atoms with van der Waals surface area (Å²) in [6, 6.07) is 12.4. The van der Waals surface area contributed by atoms with Crippen LogP contribution >= 0.6 is 0 Å². The Bertz CT molecular complexity index is 525. The highest BCUT2D eigenvalue weighted by Crippen LogP contribution is 2.07. The molecule has 0 radical (unpaired) electrons. The first-order valence-corrected chi connectivity index (χ1v) is 7.59. The van der Waals surface area contributed by atoms with Gasteiger partial charge in [-0.1, -0.05) is 44.2 Å². The van der Waals surface area contributed by atoms with E-state index in [9.17, 15) is 0 Å². The fraction of sp³-hybridized carbons (Fsp3) is 0.412. The van der Waals surface area contributed by atoms with Gasteiger partial charge >= 0.3 is 0 Å². The lowest BCUT2D eigenvalue weighted by atomic mass is 10.1. The van der Waals surface area contributed by atoms with Gasteiger partial charge in [0.25, 0.3) is 0 Å². The van der Waals surface area contributed by atoms with Crippen LogP contribution in [0.15, 0.2) is 42.6 Å². The Morgan fingerprint density at radius 1 is 1.00 bits per heavy atom. The predicted molar refractivity (Wildman–Crippen MR) is 88.6 cm³/mol. The molecule has 0 unspecified atom stereocenters. The van der Waals surface area contributed by atoms with Gasteiger partial charge in [0.15, 0.2) is 0 Å². The van der Waals surface area contributed by atoms with Crippen LogP contribution in [0.3, 0.4) is 0 Å². The molecule has 1 aromatic carbocycles. The van der Waals surface area contributed by atoms with E-state index in [0.29, 0.717) is 11.9 Å². The molecule has 0 saturated heterocycles. The standard InChI is InChI=1S/C17H24N4/c1-14(2)8-11-19-17-20-13-10-16(21-17)18-12-9-15-6-4-3-5-7-15/h3-7,10,13-14H,8-9,11-12H2,1-2H3,(H2,18,19,20,21). The van der Waals surface area contributed by atoms with Gasteiger partial charge < -0.3 is 10.6 Å². The van der Waals surface area contributed by atoms with Crippen molar-refractivity contribution in [3.05, 3.63) is 48.2 Å². The van der Waals surface area contributed by atoms with Crippen LogP contribution < -0.4 is 10.6 Å². The SMILES string of the molecule is CC(C)CCNc1nccc(NCCc2ccccc2)n1. The summed E-state index contributed by atoms with van der Waals surface area (Å²) < 4.78 is 0. The van der Waals surface area contributed by atoms with Gasteiger partial charge in [0.1, 0.15) is 5.82 Å². The van der Waals surface area contributed by atoms with Crippen molar-refractivity contribution in [1.82, 2.24) is 9.97 Å². The first-order valence-electron chi connectivity index (χ1n) is 7.59. The van der Waals surface area contributed by atoms with E-state index in [1.54, 1.807) is 6.20 Å². The van der Waals surface area contributed by atoms with Gasteiger partial charge in [0.05, 0.1) is 0 Å². The van der Waals surface area contributed by atoms with Gasteiger partial charge in [-0.15, -0.1) is 0 Å². The minimum atomic E-state index is 0.685. The van der Waals surface area contributed by atoms with Crippen molar-refractivity contribution in [1.29, 1.82) is 0 Å². The lowest BCUT2D eigenvalue weighted by Crippen LogP contribution is -2.10. The van der Waals surface area contributed by atoms with Crippen LogP contribution in [0.25, 0.3) is 0 Å². The third-order valence-electron chi connectivity index (χ3n) is 3.22. The van der Waals surface area contributed by atoms with E-state index < -0.39 is 0 Å². The predicted octanol–water partition coefficient (Wildman–Crippen LogP) is 3.59. The van der Waals surface area contributed by atoms with Crippen LogP contribution in [0.1, 0.15) is 25.8 Å². The van der Waals surface area contributed by atoms with Gasteiger partial charge in [0.2, 0.25) is 5.95 Å². The molecule has 2 N–H and O–H groups in total. The lowest BCUT2D eigenvalue weighted by Gasteiger charge is -2.09. The van der Waals surface area contributed by atoms with Gasteiger partial charge in [-0.05, 0) is 30.4 Å². The zero-order valence-corrected chi connectivity index (χ0v) is 12.8. The van der Waals surface area contributed by atoms with Gasteiger partial charge in [-0.3, -0.25) is 0 Å². The van der Waals surface area contributed by atoms with Crippen LogP contribution in [-0.4, -0.2) is 23.1 Å². The normalized spacial score (nSPS) is 10.6. The smallest absolute Gasteiger partial charge is 0.224 e. The maximum absolute atomic E-state index is 4.47. The zero-order valence-electron chi connectivity index (χ0n) is 12.8. The van der Waals surface area contributed by atoms with Crippen LogP contribution in [0.2, 0.25) is 0 Å². The average Bonchev–Trinajstić information content (AvgIpc) is 2.48. The zero-order chi connectivity index (χ0) is 14.9. The summed E-state index contributed by atoms with van der Waals surface area (Å²) in [6.07, 6.45) is 3.89. The van der Waals surface area contributed by atoms with Gasteiger partial charge in [-0.2, -0.15) is 4.98 Å². The third-order valence-corrected chi connectivity index (χ3v) is 3.22. The second kappa shape index (κ2) is 8.25. The highest BCUT2D eigenvalue weighted by Gasteiger charge is 2.00. The Labute approximate surface area is 127 Å². The Morgan fingerprint density at radius 3 is 2.57 bits per heavy atom. The molecular formula is C17H24N4. The largest absolute Gasteiger partial charge is 0.370 e. The van der Waals surface area contributed by atoms with Crippen molar-refractivity contribution in [2.24, 2.45) is 5.92 Å². The van der Waals surface area contributed by atoms with Crippen molar-refractivity contribution in [2.75, 3.05) is 23.7 Å². The molecule has 0 spiro atoms. The van der Waals surface area contributed by atoms with Crippen molar-refractivity contribution < 1.29 is 0 Å². The number of aromatic nitrogens is 2. The Hall–Kier alpha value is -2.10. The second-order valence-corrected chi connectivity index (χ2v) is 5.54. The summed E-state index contributed by atoms with van der Waals surface area (Å²) in [6.45, 7) is 6.20. The van der Waals surface area contributed by atoms with E-state index in [-0.39, 0.29) is 0 Å². The molecule has 1 aromatic heterocycles. The Balaban J connectivity index is 1.78. The van der Waals surface area contributed by atoms with E-state index in [1.807, 2.05) is 12.1 Å². The first-order chi connectivity index (χ1) is 10.2. The maximum Gasteiger partial charge on any atom is 0.224 e. The second-order valence-electron chi connectivity index (χ2n) is 5.54. The highest BCUT2D eigenvalue weighted by molar-refractivity contribution is 5.39. The van der Waals surface area contributed by atoms with E-state index >= 15 is 0 Å². The summed E-state index contributed by atoms with van der Waals surface area (Å²) in [5, 5.41) is 6.60. The fourth-order valence-electron chi connectivity index (χ4n) is 1.99. The number of hydrogen-bond donors (Lipinski definition) is 2. The van der Waals surface area contributed by atoms with E-state index in [4.69, 9.17) is 0 Å². The monoisotopic (exact) mass is 284 g/mol. The summed E-state index contributed by atoms with van der Waals surface area (Å²) in [7, 11) is 0. The molecule has 0 atom stereocenters. The van der Waals surface area contributed by atoms with Gasteiger partial charge in [-0.25, -0.2) is 4.98 Å².